The van der Waals surface area contributed by atoms with Crippen molar-refractivity contribution >= 4 is 29.4 Å². The predicted octanol–water partition coefficient (Wildman–Crippen LogP) is 4.15. The monoisotopic (exact) mass is 332 g/mol. The highest BCUT2D eigenvalue weighted by Crippen LogP contribution is 2.27. The van der Waals surface area contributed by atoms with Crippen molar-refractivity contribution in [2.45, 2.75) is 0 Å². The van der Waals surface area contributed by atoms with Crippen molar-refractivity contribution in [3.63, 3.8) is 0 Å². The second kappa shape index (κ2) is 8.10. The van der Waals surface area contributed by atoms with Gasteiger partial charge in [0.1, 0.15) is 11.5 Å². The number of ether oxygens (including phenoxy) is 2. The minimum atomic E-state index is -0.370. The molecule has 2 N–H and O–H groups in total. The fraction of sp³-hybridized carbons (Fsp3) is 0.118. The Labute approximate surface area is 139 Å². The van der Waals surface area contributed by atoms with Gasteiger partial charge in [0.15, 0.2) is 0 Å². The van der Waals surface area contributed by atoms with Gasteiger partial charge in [-0.3, -0.25) is 0 Å². The standard InChI is InChI=1S/C17H17ClN2O3/c1-22-14-5-3-4-12(10-14)8-9-19-17(21)20-13-6-7-16(23-2)15(18)11-13/h3-11H,1-2H3,(H2,19,20,21)/b9-8+. The summed E-state index contributed by atoms with van der Waals surface area (Å²) < 4.78 is 10.2. The number of benzene rings is 2. The highest BCUT2D eigenvalue weighted by Gasteiger charge is 2.04. The molecule has 120 valence electrons. The number of halogens is 1. The fourth-order valence-electron chi connectivity index (χ4n) is 1.87. The van der Waals surface area contributed by atoms with Crippen LogP contribution < -0.4 is 20.1 Å². The highest BCUT2D eigenvalue weighted by atomic mass is 35.5. The van der Waals surface area contributed by atoms with Crippen LogP contribution in [0.5, 0.6) is 11.5 Å². The van der Waals surface area contributed by atoms with Crippen LogP contribution in [-0.4, -0.2) is 20.3 Å². The average Bonchev–Trinajstić information content (AvgIpc) is 2.55. The molecule has 23 heavy (non-hydrogen) atoms. The molecule has 2 aromatic carbocycles. The zero-order chi connectivity index (χ0) is 16.7. The maximum Gasteiger partial charge on any atom is 0.323 e. The Hall–Kier alpha value is -2.66. The van der Waals surface area contributed by atoms with Crippen LogP contribution in [0.2, 0.25) is 5.02 Å². The van der Waals surface area contributed by atoms with Crippen LogP contribution in [0.4, 0.5) is 10.5 Å². The molecule has 0 fully saturated rings. The number of methoxy groups -OCH3 is 2. The van der Waals surface area contributed by atoms with Gasteiger partial charge in [0, 0.05) is 11.9 Å². The van der Waals surface area contributed by atoms with Gasteiger partial charge in [-0.2, -0.15) is 0 Å². The largest absolute Gasteiger partial charge is 0.497 e. The Morgan fingerprint density at radius 1 is 1.13 bits per heavy atom. The van der Waals surface area contributed by atoms with Crippen LogP contribution in [0.1, 0.15) is 5.56 Å². The molecule has 6 heteroatoms. The first-order valence-corrected chi connectivity index (χ1v) is 7.22. The second-order valence-electron chi connectivity index (χ2n) is 4.56. The maximum absolute atomic E-state index is 11.8. The van der Waals surface area contributed by atoms with E-state index in [1.807, 2.05) is 24.3 Å². The summed E-state index contributed by atoms with van der Waals surface area (Å²) in [5.74, 6) is 1.31. The van der Waals surface area contributed by atoms with E-state index < -0.39 is 0 Å². The van der Waals surface area contributed by atoms with Gasteiger partial charge in [-0.15, -0.1) is 0 Å². The van der Waals surface area contributed by atoms with Crippen LogP contribution in [0.15, 0.2) is 48.7 Å². The minimum Gasteiger partial charge on any atom is -0.497 e. The Kier molecular flexibility index (Phi) is 5.88. The quantitative estimate of drug-likeness (QED) is 0.864. The lowest BCUT2D eigenvalue weighted by Crippen LogP contribution is -2.23. The number of anilines is 1. The molecule has 0 atom stereocenters. The van der Waals surface area contributed by atoms with Gasteiger partial charge in [0.25, 0.3) is 0 Å². The molecule has 0 spiro atoms. The molecule has 0 aliphatic rings. The smallest absolute Gasteiger partial charge is 0.323 e. The molecule has 0 radical (unpaired) electrons. The van der Waals surface area contributed by atoms with Crippen molar-refractivity contribution in [2.75, 3.05) is 19.5 Å². The third kappa shape index (κ3) is 4.93. The molecule has 5 nitrogen and oxygen atoms in total. The molecule has 2 amide bonds. The van der Waals surface area contributed by atoms with Crippen LogP contribution in [0.3, 0.4) is 0 Å². The molecule has 0 aliphatic heterocycles. The van der Waals surface area contributed by atoms with Crippen molar-refractivity contribution in [3.8, 4) is 11.5 Å². The summed E-state index contributed by atoms with van der Waals surface area (Å²) in [5, 5.41) is 5.72. The van der Waals surface area contributed by atoms with E-state index in [1.165, 1.54) is 7.11 Å². The van der Waals surface area contributed by atoms with Gasteiger partial charge in [-0.25, -0.2) is 4.79 Å². The van der Waals surface area contributed by atoms with Gasteiger partial charge < -0.3 is 20.1 Å². The average molecular weight is 333 g/mol. The fourth-order valence-corrected chi connectivity index (χ4v) is 2.13. The van der Waals surface area contributed by atoms with Gasteiger partial charge in [0.05, 0.1) is 19.2 Å². The van der Waals surface area contributed by atoms with Crippen LogP contribution in [-0.2, 0) is 0 Å². The molecule has 0 bridgehead atoms. The van der Waals surface area contributed by atoms with E-state index in [4.69, 9.17) is 21.1 Å². The van der Waals surface area contributed by atoms with Crippen molar-refractivity contribution in [2.24, 2.45) is 0 Å². The molecule has 0 aromatic heterocycles. The highest BCUT2D eigenvalue weighted by molar-refractivity contribution is 6.32. The first-order valence-electron chi connectivity index (χ1n) is 6.84. The molecule has 2 aromatic rings. The summed E-state index contributed by atoms with van der Waals surface area (Å²) in [6.07, 6.45) is 3.32. The molecule has 0 saturated heterocycles. The zero-order valence-electron chi connectivity index (χ0n) is 12.8. The van der Waals surface area contributed by atoms with E-state index in [-0.39, 0.29) is 6.03 Å². The van der Waals surface area contributed by atoms with E-state index in [9.17, 15) is 4.79 Å². The summed E-state index contributed by atoms with van der Waals surface area (Å²) in [4.78, 5) is 11.8. The number of hydrogen-bond donors (Lipinski definition) is 2. The first-order chi connectivity index (χ1) is 11.1. The zero-order valence-corrected chi connectivity index (χ0v) is 13.6. The van der Waals surface area contributed by atoms with Gasteiger partial charge in [-0.05, 0) is 42.0 Å². The van der Waals surface area contributed by atoms with E-state index in [1.54, 1.807) is 37.6 Å². The third-order valence-corrected chi connectivity index (χ3v) is 3.29. The summed E-state index contributed by atoms with van der Waals surface area (Å²) in [6, 6.07) is 12.1. The van der Waals surface area contributed by atoms with Gasteiger partial charge in [-0.1, -0.05) is 23.7 Å². The van der Waals surface area contributed by atoms with Crippen LogP contribution in [0, 0.1) is 0 Å². The van der Waals surface area contributed by atoms with Crippen molar-refractivity contribution in [3.05, 3.63) is 59.3 Å². The number of nitrogens with one attached hydrogen (secondary N) is 2. The molecule has 0 heterocycles. The van der Waals surface area contributed by atoms with Crippen molar-refractivity contribution < 1.29 is 14.3 Å². The van der Waals surface area contributed by atoms with Crippen LogP contribution >= 0.6 is 11.6 Å². The number of carbonyl (C=O) groups is 1. The molecule has 0 saturated carbocycles. The Bertz CT molecular complexity index is 717. The Morgan fingerprint density at radius 2 is 1.96 bits per heavy atom. The summed E-state index contributed by atoms with van der Waals surface area (Å²) in [6.45, 7) is 0. The SMILES string of the molecule is COc1cccc(/C=C/NC(=O)Nc2ccc(OC)c(Cl)c2)c1. The number of rotatable bonds is 5. The van der Waals surface area contributed by atoms with E-state index in [0.717, 1.165) is 11.3 Å². The summed E-state index contributed by atoms with van der Waals surface area (Å²) in [7, 11) is 3.14. The second-order valence-corrected chi connectivity index (χ2v) is 4.96. The minimum absolute atomic E-state index is 0.370. The lowest BCUT2D eigenvalue weighted by atomic mass is 10.2. The molecular formula is C17H17ClN2O3. The Morgan fingerprint density at radius 3 is 2.65 bits per heavy atom. The topological polar surface area (TPSA) is 59.6 Å². The maximum atomic E-state index is 11.8. The normalized spacial score (nSPS) is 10.4. The number of urea groups is 1. The van der Waals surface area contributed by atoms with Gasteiger partial charge in [0.2, 0.25) is 0 Å². The Balaban J connectivity index is 1.91. The van der Waals surface area contributed by atoms with Crippen molar-refractivity contribution in [1.82, 2.24) is 5.32 Å². The molecule has 0 unspecified atom stereocenters. The third-order valence-electron chi connectivity index (χ3n) is 2.99. The molecule has 0 aliphatic carbocycles. The van der Waals surface area contributed by atoms with E-state index in [0.29, 0.717) is 16.5 Å². The molecular weight excluding hydrogens is 316 g/mol. The van der Waals surface area contributed by atoms with E-state index in [2.05, 4.69) is 10.6 Å². The number of hydrogen-bond acceptors (Lipinski definition) is 3. The van der Waals surface area contributed by atoms with Crippen LogP contribution in [0.25, 0.3) is 6.08 Å². The molecule has 2 rings (SSSR count). The lowest BCUT2D eigenvalue weighted by molar-refractivity contribution is 0.255. The summed E-state index contributed by atoms with van der Waals surface area (Å²) in [5.41, 5.74) is 1.49. The van der Waals surface area contributed by atoms with E-state index >= 15 is 0 Å². The predicted molar refractivity (Wildman–Crippen MR) is 92.2 cm³/mol. The van der Waals surface area contributed by atoms with Gasteiger partial charge >= 0.3 is 6.03 Å². The van der Waals surface area contributed by atoms with Crippen molar-refractivity contribution in [1.29, 1.82) is 0 Å². The first kappa shape index (κ1) is 16.7. The number of carbonyl (C=O) groups excluding carboxylic acids is 1. The lowest BCUT2D eigenvalue weighted by Gasteiger charge is -2.07. The number of amides is 2. The summed E-state index contributed by atoms with van der Waals surface area (Å²) >= 11 is 6.00.